The molecule has 0 saturated carbocycles. The predicted octanol–water partition coefficient (Wildman–Crippen LogP) is 3.17. The van der Waals surface area contributed by atoms with Crippen LogP contribution >= 0.6 is 0 Å². The van der Waals surface area contributed by atoms with Gasteiger partial charge in [-0.15, -0.1) is 0 Å². The number of pyridine rings is 1. The number of ether oxygens (including phenoxy) is 2. The Balaban J connectivity index is 1.92. The van der Waals surface area contributed by atoms with Crippen LogP contribution in [0.15, 0.2) is 35.3 Å². The minimum atomic E-state index is -0.912. The highest BCUT2D eigenvalue weighted by Gasteiger charge is 2.26. The van der Waals surface area contributed by atoms with Crippen molar-refractivity contribution < 1.29 is 19.4 Å². The molecule has 202 valence electrons. The van der Waals surface area contributed by atoms with E-state index < -0.39 is 18.1 Å². The Kier molecular flexibility index (Phi) is 8.94. The standard InChI is InChI=1S/C28H40N4O5/c1-17-11-21(15-31(7)26(17)34)25-30-22-12-20(9-10-23(22)32(25)14-18(2)36-8)13-29-24(19(3)33)27(35)37-16-28(4,5)6/h9-12,15,18-19,24,29,33H,13-14,16H2,1-8H3. The molecule has 0 aliphatic rings. The van der Waals surface area contributed by atoms with Crippen LogP contribution in [0.1, 0.15) is 45.7 Å². The lowest BCUT2D eigenvalue weighted by atomic mass is 9.98. The van der Waals surface area contributed by atoms with Crippen LogP contribution in [0.4, 0.5) is 0 Å². The second-order valence-electron chi connectivity index (χ2n) is 11.0. The minimum absolute atomic E-state index is 0.0428. The van der Waals surface area contributed by atoms with E-state index in [1.54, 1.807) is 38.8 Å². The molecule has 0 spiro atoms. The number of carbonyl (C=O) groups is 1. The van der Waals surface area contributed by atoms with Crippen LogP contribution in [0.3, 0.4) is 0 Å². The summed E-state index contributed by atoms with van der Waals surface area (Å²) in [5.74, 6) is 0.270. The third-order valence-corrected chi connectivity index (χ3v) is 6.19. The lowest BCUT2D eigenvalue weighted by molar-refractivity contribution is -0.151. The number of nitrogens with zero attached hydrogens (tertiary/aromatic N) is 3. The highest BCUT2D eigenvalue weighted by molar-refractivity contribution is 5.81. The Hall–Kier alpha value is -3.01. The molecule has 37 heavy (non-hydrogen) atoms. The number of carbonyl (C=O) groups excluding carboxylic acids is 1. The third kappa shape index (κ3) is 7.06. The van der Waals surface area contributed by atoms with Gasteiger partial charge < -0.3 is 23.7 Å². The number of benzene rings is 1. The molecule has 9 nitrogen and oxygen atoms in total. The van der Waals surface area contributed by atoms with E-state index in [-0.39, 0.29) is 23.7 Å². The number of hydrogen-bond acceptors (Lipinski definition) is 7. The van der Waals surface area contributed by atoms with Gasteiger partial charge >= 0.3 is 5.97 Å². The fourth-order valence-corrected chi connectivity index (χ4v) is 4.08. The van der Waals surface area contributed by atoms with Crippen molar-refractivity contribution in [2.75, 3.05) is 13.7 Å². The summed E-state index contributed by atoms with van der Waals surface area (Å²) in [6.07, 6.45) is 0.839. The zero-order chi connectivity index (χ0) is 27.5. The van der Waals surface area contributed by atoms with Crippen molar-refractivity contribution >= 4 is 17.0 Å². The van der Waals surface area contributed by atoms with Gasteiger partial charge in [0.1, 0.15) is 11.9 Å². The number of imidazole rings is 1. The molecule has 0 aliphatic heterocycles. The molecule has 3 atom stereocenters. The van der Waals surface area contributed by atoms with E-state index in [9.17, 15) is 14.7 Å². The second kappa shape index (κ2) is 11.6. The van der Waals surface area contributed by atoms with Gasteiger partial charge in [-0.3, -0.25) is 14.9 Å². The van der Waals surface area contributed by atoms with Gasteiger partial charge in [-0.2, -0.15) is 0 Å². The van der Waals surface area contributed by atoms with Crippen LogP contribution in [-0.2, 0) is 34.4 Å². The van der Waals surface area contributed by atoms with E-state index in [1.807, 2.05) is 52.0 Å². The third-order valence-electron chi connectivity index (χ3n) is 6.19. The number of aryl methyl sites for hydroxylation is 2. The molecule has 0 amide bonds. The first kappa shape index (κ1) is 28.6. The number of hydrogen-bond donors (Lipinski definition) is 2. The normalized spacial score (nSPS) is 14.5. The first-order valence-electron chi connectivity index (χ1n) is 12.6. The van der Waals surface area contributed by atoms with Crippen molar-refractivity contribution in [1.29, 1.82) is 0 Å². The monoisotopic (exact) mass is 512 g/mol. The summed E-state index contributed by atoms with van der Waals surface area (Å²) in [4.78, 5) is 29.8. The molecule has 2 heterocycles. The first-order valence-corrected chi connectivity index (χ1v) is 12.6. The van der Waals surface area contributed by atoms with Crippen LogP contribution in [-0.4, -0.2) is 57.2 Å². The van der Waals surface area contributed by atoms with Crippen molar-refractivity contribution in [1.82, 2.24) is 19.4 Å². The highest BCUT2D eigenvalue weighted by Crippen LogP contribution is 2.26. The van der Waals surface area contributed by atoms with E-state index >= 15 is 0 Å². The SMILES string of the molecule is COC(C)Cn1c(-c2cc(C)c(=O)n(C)c2)nc2cc(CNC(C(=O)OCC(C)(C)C)C(C)O)ccc21. The smallest absolute Gasteiger partial charge is 0.325 e. The zero-order valence-electron chi connectivity index (χ0n) is 23.2. The number of methoxy groups -OCH3 is 1. The zero-order valence-corrected chi connectivity index (χ0v) is 23.2. The Labute approximate surface area is 218 Å². The molecule has 3 unspecified atom stereocenters. The number of fused-ring (bicyclic) bond motifs is 1. The van der Waals surface area contributed by atoms with Crippen LogP contribution < -0.4 is 10.9 Å². The number of rotatable bonds is 10. The maximum Gasteiger partial charge on any atom is 0.325 e. The van der Waals surface area contributed by atoms with Crippen molar-refractivity contribution in [3.05, 3.63) is 51.9 Å². The van der Waals surface area contributed by atoms with E-state index in [4.69, 9.17) is 14.5 Å². The van der Waals surface area contributed by atoms with Gasteiger partial charge in [-0.25, -0.2) is 4.98 Å². The molecule has 9 heteroatoms. The summed E-state index contributed by atoms with van der Waals surface area (Å²) in [6, 6.07) is 6.95. The molecular weight excluding hydrogens is 472 g/mol. The topological polar surface area (TPSA) is 108 Å². The van der Waals surface area contributed by atoms with E-state index in [0.717, 1.165) is 28.0 Å². The van der Waals surface area contributed by atoms with E-state index in [2.05, 4.69) is 9.88 Å². The van der Waals surface area contributed by atoms with Gasteiger partial charge in [-0.1, -0.05) is 26.8 Å². The molecule has 2 aromatic heterocycles. The van der Waals surface area contributed by atoms with Crippen molar-refractivity contribution in [3.8, 4) is 11.4 Å². The Morgan fingerprint density at radius 3 is 2.51 bits per heavy atom. The molecule has 0 saturated heterocycles. The van der Waals surface area contributed by atoms with Gasteiger partial charge in [0.15, 0.2) is 0 Å². The summed E-state index contributed by atoms with van der Waals surface area (Å²) in [5.41, 5.74) is 3.91. The lowest BCUT2D eigenvalue weighted by Gasteiger charge is -2.23. The molecule has 0 fully saturated rings. The largest absolute Gasteiger partial charge is 0.464 e. The van der Waals surface area contributed by atoms with Crippen molar-refractivity contribution in [2.24, 2.45) is 12.5 Å². The molecule has 0 bridgehead atoms. The molecule has 0 radical (unpaired) electrons. The molecule has 0 aliphatic carbocycles. The molecule has 3 rings (SSSR count). The number of esters is 1. The van der Waals surface area contributed by atoms with E-state index in [1.165, 1.54) is 0 Å². The summed E-state index contributed by atoms with van der Waals surface area (Å²) in [7, 11) is 3.41. The Morgan fingerprint density at radius 2 is 1.92 bits per heavy atom. The van der Waals surface area contributed by atoms with Crippen molar-refractivity contribution in [2.45, 2.75) is 72.9 Å². The highest BCUT2D eigenvalue weighted by atomic mass is 16.5. The molecular formula is C28H40N4O5. The second-order valence-corrected chi connectivity index (χ2v) is 11.0. The van der Waals surface area contributed by atoms with Crippen LogP contribution in [0.2, 0.25) is 0 Å². The fraction of sp³-hybridized carbons (Fsp3) is 0.536. The molecule has 3 aromatic rings. The lowest BCUT2D eigenvalue weighted by Crippen LogP contribution is -2.46. The van der Waals surface area contributed by atoms with Crippen LogP contribution in [0.25, 0.3) is 22.4 Å². The quantitative estimate of drug-likeness (QED) is 0.402. The van der Waals surface area contributed by atoms with Gasteiger partial charge in [0, 0.05) is 38.0 Å². The Morgan fingerprint density at radius 1 is 1.22 bits per heavy atom. The fourth-order valence-electron chi connectivity index (χ4n) is 4.08. The average molecular weight is 513 g/mol. The number of nitrogens with one attached hydrogen (secondary N) is 1. The maximum atomic E-state index is 12.6. The summed E-state index contributed by atoms with van der Waals surface area (Å²) in [5, 5.41) is 13.3. The van der Waals surface area contributed by atoms with Gasteiger partial charge in [0.2, 0.25) is 0 Å². The maximum absolute atomic E-state index is 12.6. The summed E-state index contributed by atoms with van der Waals surface area (Å²) < 4.78 is 14.6. The first-order chi connectivity index (χ1) is 17.3. The summed E-state index contributed by atoms with van der Waals surface area (Å²) >= 11 is 0. The number of aliphatic hydroxyl groups is 1. The van der Waals surface area contributed by atoms with Gasteiger partial charge in [0.05, 0.1) is 36.4 Å². The summed E-state index contributed by atoms with van der Waals surface area (Å²) in [6.45, 7) is 12.5. The predicted molar refractivity (Wildman–Crippen MR) is 144 cm³/mol. The van der Waals surface area contributed by atoms with E-state index in [0.29, 0.717) is 18.7 Å². The number of aromatic nitrogens is 3. The Bertz CT molecular complexity index is 1280. The van der Waals surface area contributed by atoms with Crippen LogP contribution in [0.5, 0.6) is 0 Å². The molecule has 1 aromatic carbocycles. The average Bonchev–Trinajstić information content (AvgIpc) is 3.17. The molecule has 2 N–H and O–H groups in total. The number of aliphatic hydroxyl groups excluding tert-OH is 1. The minimum Gasteiger partial charge on any atom is -0.464 e. The van der Waals surface area contributed by atoms with Crippen LogP contribution in [0, 0.1) is 12.3 Å². The van der Waals surface area contributed by atoms with Crippen molar-refractivity contribution in [3.63, 3.8) is 0 Å². The van der Waals surface area contributed by atoms with Gasteiger partial charge in [0.25, 0.3) is 5.56 Å². The van der Waals surface area contributed by atoms with Gasteiger partial charge in [-0.05, 0) is 49.9 Å².